The van der Waals surface area contributed by atoms with Crippen LogP contribution < -0.4 is 0 Å². The maximum Gasteiger partial charge on any atom is 0.312 e. The normalized spacial score (nSPS) is 30.2. The van der Waals surface area contributed by atoms with Gasteiger partial charge in [0.1, 0.15) is 17.4 Å². The molecule has 2 atom stereocenters. The van der Waals surface area contributed by atoms with Crippen LogP contribution in [0.4, 0.5) is 0 Å². The second-order valence-electron chi connectivity index (χ2n) is 4.83. The Balaban J connectivity index is 2.23. The van der Waals surface area contributed by atoms with Gasteiger partial charge in [-0.2, -0.15) is 0 Å². The Kier molecular flexibility index (Phi) is 3.71. The zero-order valence-corrected chi connectivity index (χ0v) is 10.6. The molecule has 6 nitrogen and oxygen atoms in total. The van der Waals surface area contributed by atoms with Crippen LogP contribution in [0.2, 0.25) is 0 Å². The molecular formula is C13H16O6. The van der Waals surface area contributed by atoms with Gasteiger partial charge in [0.15, 0.2) is 11.6 Å². The molecule has 2 aliphatic rings. The van der Waals surface area contributed by atoms with Gasteiger partial charge in [-0.05, 0) is 19.8 Å². The first-order valence-corrected chi connectivity index (χ1v) is 6.32. The molecule has 0 saturated heterocycles. The number of aliphatic hydroxyl groups excluding tert-OH is 2. The van der Waals surface area contributed by atoms with Crippen molar-refractivity contribution in [2.24, 2.45) is 11.8 Å². The summed E-state index contributed by atoms with van der Waals surface area (Å²) in [6, 6.07) is 0. The van der Waals surface area contributed by atoms with E-state index < -0.39 is 29.6 Å². The maximum atomic E-state index is 11.9. The number of allylic oxidation sites excluding steroid dienone is 1. The van der Waals surface area contributed by atoms with E-state index in [0.717, 1.165) is 12.8 Å². The van der Waals surface area contributed by atoms with Crippen molar-refractivity contribution in [1.29, 1.82) is 0 Å². The average molecular weight is 268 g/mol. The van der Waals surface area contributed by atoms with Gasteiger partial charge in [-0.25, -0.2) is 0 Å². The Morgan fingerprint density at radius 2 is 2.00 bits per heavy atom. The first kappa shape index (κ1) is 13.7. The number of hydrogen-bond donors (Lipinski definition) is 2. The third-order valence-corrected chi connectivity index (χ3v) is 3.39. The predicted octanol–water partition coefficient (Wildman–Crippen LogP) is 0.291. The lowest BCUT2D eigenvalue weighted by Crippen LogP contribution is -2.44. The van der Waals surface area contributed by atoms with Crippen LogP contribution in [0.5, 0.6) is 0 Å². The van der Waals surface area contributed by atoms with Gasteiger partial charge < -0.3 is 14.9 Å². The standard InChI is InChI=1S/C13H16O6/c1-2-19-13(18)7-5-8(14)9(12(17)11(7)16)10(15)6-3-4-6/h6-7,11,15-16H,2-5H2,1H3/b10-9-. The van der Waals surface area contributed by atoms with Crippen molar-refractivity contribution >= 4 is 17.5 Å². The summed E-state index contributed by atoms with van der Waals surface area (Å²) in [5.74, 6) is -3.81. The fraction of sp³-hybridized carbons (Fsp3) is 0.615. The fourth-order valence-electron chi connectivity index (χ4n) is 2.17. The Hall–Kier alpha value is -1.69. The molecule has 2 rings (SSSR count). The van der Waals surface area contributed by atoms with Crippen LogP contribution in [0.25, 0.3) is 0 Å². The fourth-order valence-corrected chi connectivity index (χ4v) is 2.17. The van der Waals surface area contributed by atoms with Crippen LogP contribution in [0.15, 0.2) is 11.3 Å². The lowest BCUT2D eigenvalue weighted by molar-refractivity contribution is -0.158. The zero-order chi connectivity index (χ0) is 14.2. The molecule has 0 bridgehead atoms. The van der Waals surface area contributed by atoms with E-state index in [1.165, 1.54) is 0 Å². The summed E-state index contributed by atoms with van der Waals surface area (Å²) in [6.07, 6.45) is -0.467. The van der Waals surface area contributed by atoms with Crippen molar-refractivity contribution < 1.29 is 29.3 Å². The van der Waals surface area contributed by atoms with Gasteiger partial charge in [-0.3, -0.25) is 14.4 Å². The van der Waals surface area contributed by atoms with E-state index in [1.807, 2.05) is 0 Å². The van der Waals surface area contributed by atoms with Crippen LogP contribution >= 0.6 is 0 Å². The molecule has 0 aromatic carbocycles. The van der Waals surface area contributed by atoms with E-state index in [2.05, 4.69) is 0 Å². The van der Waals surface area contributed by atoms with Gasteiger partial charge in [-0.15, -0.1) is 0 Å². The third kappa shape index (κ3) is 2.53. The summed E-state index contributed by atoms with van der Waals surface area (Å²) in [7, 11) is 0. The van der Waals surface area contributed by atoms with Gasteiger partial charge in [0.05, 0.1) is 12.5 Å². The molecule has 2 saturated carbocycles. The Morgan fingerprint density at radius 3 is 2.53 bits per heavy atom. The van der Waals surface area contributed by atoms with Gasteiger partial charge in [0.25, 0.3) is 0 Å². The summed E-state index contributed by atoms with van der Waals surface area (Å²) in [4.78, 5) is 35.4. The minimum absolute atomic E-state index is 0.112. The zero-order valence-electron chi connectivity index (χ0n) is 10.6. The maximum absolute atomic E-state index is 11.9. The summed E-state index contributed by atoms with van der Waals surface area (Å²) < 4.78 is 4.72. The van der Waals surface area contributed by atoms with Crippen molar-refractivity contribution in [1.82, 2.24) is 0 Å². The number of aliphatic hydroxyl groups is 2. The first-order chi connectivity index (χ1) is 8.97. The van der Waals surface area contributed by atoms with E-state index in [-0.39, 0.29) is 30.3 Å². The molecule has 0 aromatic rings. The summed E-state index contributed by atoms with van der Waals surface area (Å²) in [5, 5.41) is 19.6. The molecule has 0 aromatic heterocycles. The molecule has 0 radical (unpaired) electrons. The third-order valence-electron chi connectivity index (χ3n) is 3.39. The van der Waals surface area contributed by atoms with Crippen LogP contribution in [0, 0.1) is 11.8 Å². The van der Waals surface area contributed by atoms with Crippen LogP contribution in [-0.2, 0) is 19.1 Å². The second-order valence-corrected chi connectivity index (χ2v) is 4.83. The van der Waals surface area contributed by atoms with E-state index in [1.54, 1.807) is 6.92 Å². The number of carbonyl (C=O) groups excluding carboxylic acids is 3. The Bertz CT molecular complexity index is 460. The highest BCUT2D eigenvalue weighted by atomic mass is 16.5. The topological polar surface area (TPSA) is 101 Å². The van der Waals surface area contributed by atoms with E-state index in [9.17, 15) is 24.6 Å². The minimum Gasteiger partial charge on any atom is -0.511 e. The van der Waals surface area contributed by atoms with Crippen LogP contribution in [0.1, 0.15) is 26.2 Å². The number of esters is 1. The van der Waals surface area contributed by atoms with Crippen molar-refractivity contribution in [2.75, 3.05) is 6.61 Å². The van der Waals surface area contributed by atoms with E-state index >= 15 is 0 Å². The number of carbonyl (C=O) groups is 3. The molecule has 0 heterocycles. The Morgan fingerprint density at radius 1 is 1.37 bits per heavy atom. The molecule has 0 amide bonds. The highest BCUT2D eigenvalue weighted by Crippen LogP contribution is 2.38. The molecule has 2 fully saturated rings. The molecule has 104 valence electrons. The molecule has 0 spiro atoms. The number of ketones is 2. The molecule has 2 aliphatic carbocycles. The van der Waals surface area contributed by atoms with Crippen molar-refractivity contribution in [3.63, 3.8) is 0 Å². The lowest BCUT2D eigenvalue weighted by atomic mass is 9.80. The molecular weight excluding hydrogens is 252 g/mol. The van der Waals surface area contributed by atoms with Gasteiger partial charge >= 0.3 is 5.97 Å². The highest BCUT2D eigenvalue weighted by Gasteiger charge is 2.46. The van der Waals surface area contributed by atoms with Gasteiger partial charge in [0, 0.05) is 12.3 Å². The Labute approximate surface area is 110 Å². The van der Waals surface area contributed by atoms with Crippen LogP contribution in [-0.4, -0.2) is 40.5 Å². The largest absolute Gasteiger partial charge is 0.511 e. The van der Waals surface area contributed by atoms with Gasteiger partial charge in [0.2, 0.25) is 0 Å². The monoisotopic (exact) mass is 268 g/mol. The highest BCUT2D eigenvalue weighted by molar-refractivity contribution is 6.25. The van der Waals surface area contributed by atoms with Crippen molar-refractivity contribution in [3.05, 3.63) is 11.3 Å². The number of ether oxygens (including phenoxy) is 1. The average Bonchev–Trinajstić information content (AvgIpc) is 3.18. The van der Waals surface area contributed by atoms with Gasteiger partial charge in [-0.1, -0.05) is 0 Å². The van der Waals surface area contributed by atoms with Crippen molar-refractivity contribution in [2.45, 2.75) is 32.3 Å². The summed E-state index contributed by atoms with van der Waals surface area (Å²) in [6.45, 7) is 1.71. The van der Waals surface area contributed by atoms with E-state index in [4.69, 9.17) is 4.74 Å². The quantitative estimate of drug-likeness (QED) is 0.330. The molecule has 19 heavy (non-hydrogen) atoms. The summed E-state index contributed by atoms with van der Waals surface area (Å²) >= 11 is 0. The number of Topliss-reactive ketones (excluding diaryl/α,β-unsaturated/α-hetero) is 2. The smallest absolute Gasteiger partial charge is 0.312 e. The lowest BCUT2D eigenvalue weighted by Gasteiger charge is -2.26. The molecule has 0 aliphatic heterocycles. The molecule has 2 unspecified atom stereocenters. The second kappa shape index (κ2) is 5.13. The first-order valence-electron chi connectivity index (χ1n) is 6.32. The summed E-state index contributed by atoms with van der Waals surface area (Å²) in [5.41, 5.74) is -0.337. The number of rotatable bonds is 3. The molecule has 2 N–H and O–H groups in total. The number of hydrogen-bond acceptors (Lipinski definition) is 6. The molecule has 6 heteroatoms. The SMILES string of the molecule is CCOC(=O)C1CC(=O)/C(=C(/O)C2CC2)C(=O)C1O. The predicted molar refractivity (Wildman–Crippen MR) is 63.1 cm³/mol. The van der Waals surface area contributed by atoms with E-state index in [0.29, 0.717) is 0 Å². The van der Waals surface area contributed by atoms with Crippen LogP contribution in [0.3, 0.4) is 0 Å². The van der Waals surface area contributed by atoms with Crippen molar-refractivity contribution in [3.8, 4) is 0 Å². The minimum atomic E-state index is -1.62.